The van der Waals surface area contributed by atoms with E-state index in [1.54, 1.807) is 0 Å². The van der Waals surface area contributed by atoms with Crippen LogP contribution in [0.4, 0.5) is 4.79 Å². The molecule has 1 rings (SSSR count). The number of carbonyl (C=O) groups excluding carboxylic acids is 1. The highest BCUT2D eigenvalue weighted by Gasteiger charge is 2.35. The van der Waals surface area contributed by atoms with E-state index in [1.807, 2.05) is 18.7 Å². The fourth-order valence-electron chi connectivity index (χ4n) is 1.93. The summed E-state index contributed by atoms with van der Waals surface area (Å²) in [5, 5.41) is 8.88. The van der Waals surface area contributed by atoms with E-state index in [4.69, 9.17) is 5.11 Å². The second kappa shape index (κ2) is 6.61. The molecule has 0 atom stereocenters. The second-order valence-corrected chi connectivity index (χ2v) is 5.18. The number of unbranched alkanes of at least 4 members (excludes halogenated alkanes) is 1. The molecule has 0 radical (unpaired) electrons. The number of aliphatic carboxylic acids is 1. The van der Waals surface area contributed by atoms with Crippen molar-refractivity contribution in [2.45, 2.75) is 58.5 Å². The first-order valence-corrected chi connectivity index (χ1v) is 6.76. The molecule has 0 aromatic rings. The van der Waals surface area contributed by atoms with Crippen LogP contribution < -0.4 is 0 Å². The van der Waals surface area contributed by atoms with Gasteiger partial charge in [0.2, 0.25) is 0 Å². The van der Waals surface area contributed by atoms with Gasteiger partial charge in [0.1, 0.15) is 6.54 Å². The minimum Gasteiger partial charge on any atom is -0.480 e. The zero-order valence-corrected chi connectivity index (χ0v) is 11.6. The summed E-state index contributed by atoms with van der Waals surface area (Å²) in [6, 6.07) is 0.124. The van der Waals surface area contributed by atoms with Crippen LogP contribution in [0.25, 0.3) is 0 Å². The Morgan fingerprint density at radius 1 is 1.33 bits per heavy atom. The number of urea groups is 1. The highest BCUT2D eigenvalue weighted by atomic mass is 16.4. The predicted molar refractivity (Wildman–Crippen MR) is 69.5 cm³/mol. The van der Waals surface area contributed by atoms with Crippen molar-refractivity contribution in [2.75, 3.05) is 13.1 Å². The van der Waals surface area contributed by atoms with E-state index in [-0.39, 0.29) is 18.6 Å². The number of nitrogens with zero attached hydrogens (tertiary/aromatic N) is 2. The van der Waals surface area contributed by atoms with Crippen LogP contribution in [-0.4, -0.2) is 52.1 Å². The molecular formula is C13H24N2O3. The molecule has 1 N–H and O–H groups in total. The van der Waals surface area contributed by atoms with Gasteiger partial charge in [-0.2, -0.15) is 0 Å². The van der Waals surface area contributed by atoms with Crippen molar-refractivity contribution in [1.82, 2.24) is 9.80 Å². The number of hydrogen-bond acceptors (Lipinski definition) is 2. The Kier molecular flexibility index (Phi) is 5.44. The lowest BCUT2D eigenvalue weighted by Crippen LogP contribution is -2.49. The molecule has 1 saturated carbocycles. The Morgan fingerprint density at radius 2 is 1.94 bits per heavy atom. The maximum absolute atomic E-state index is 12.4. The molecule has 0 aliphatic heterocycles. The minimum atomic E-state index is -0.955. The summed E-state index contributed by atoms with van der Waals surface area (Å²) in [6.45, 7) is 6.32. The van der Waals surface area contributed by atoms with Gasteiger partial charge in [0.25, 0.3) is 0 Å². The molecule has 0 unspecified atom stereocenters. The van der Waals surface area contributed by atoms with Gasteiger partial charge in [-0.15, -0.1) is 0 Å². The zero-order valence-electron chi connectivity index (χ0n) is 11.6. The van der Waals surface area contributed by atoms with Crippen LogP contribution in [0.1, 0.15) is 46.5 Å². The van der Waals surface area contributed by atoms with E-state index < -0.39 is 5.97 Å². The smallest absolute Gasteiger partial charge is 0.323 e. The van der Waals surface area contributed by atoms with Gasteiger partial charge >= 0.3 is 12.0 Å². The van der Waals surface area contributed by atoms with E-state index in [1.165, 1.54) is 4.90 Å². The number of carboxylic acids is 1. The zero-order chi connectivity index (χ0) is 13.7. The largest absolute Gasteiger partial charge is 0.480 e. The average molecular weight is 256 g/mol. The lowest BCUT2D eigenvalue weighted by molar-refractivity contribution is -0.138. The molecule has 0 bridgehead atoms. The number of rotatable bonds is 7. The van der Waals surface area contributed by atoms with Crippen LogP contribution in [0.15, 0.2) is 0 Å². The number of amides is 2. The summed E-state index contributed by atoms with van der Waals surface area (Å²) in [5.74, 6) is -0.955. The summed E-state index contributed by atoms with van der Waals surface area (Å²) < 4.78 is 0. The van der Waals surface area contributed by atoms with Gasteiger partial charge in [-0.05, 0) is 33.1 Å². The van der Waals surface area contributed by atoms with E-state index in [0.29, 0.717) is 6.04 Å². The first-order chi connectivity index (χ1) is 8.47. The molecule has 1 aliphatic rings. The normalized spacial score (nSPS) is 14.7. The van der Waals surface area contributed by atoms with Gasteiger partial charge in [0, 0.05) is 18.6 Å². The molecule has 1 fully saturated rings. The maximum atomic E-state index is 12.4. The first-order valence-electron chi connectivity index (χ1n) is 6.76. The lowest BCUT2D eigenvalue weighted by Gasteiger charge is -2.32. The Bertz CT molecular complexity index is 301. The maximum Gasteiger partial charge on any atom is 0.323 e. The summed E-state index contributed by atoms with van der Waals surface area (Å²) in [4.78, 5) is 26.5. The van der Waals surface area contributed by atoms with E-state index >= 15 is 0 Å². The molecule has 18 heavy (non-hydrogen) atoms. The van der Waals surface area contributed by atoms with Crippen molar-refractivity contribution in [1.29, 1.82) is 0 Å². The Labute approximate surface area is 109 Å². The molecule has 0 saturated heterocycles. The van der Waals surface area contributed by atoms with Crippen LogP contribution >= 0.6 is 0 Å². The number of carbonyl (C=O) groups is 2. The third-order valence-corrected chi connectivity index (χ3v) is 3.16. The van der Waals surface area contributed by atoms with E-state index in [0.717, 1.165) is 32.2 Å². The van der Waals surface area contributed by atoms with Crippen molar-refractivity contribution in [2.24, 2.45) is 0 Å². The van der Waals surface area contributed by atoms with Crippen molar-refractivity contribution in [3.8, 4) is 0 Å². The quantitative estimate of drug-likeness (QED) is 0.759. The second-order valence-electron chi connectivity index (χ2n) is 5.18. The first kappa shape index (κ1) is 14.8. The third-order valence-electron chi connectivity index (χ3n) is 3.16. The standard InChI is InChI=1S/C13H24N2O3/c1-4-5-8-14(11-6-7-11)13(18)15(10(2)3)9-12(16)17/h10-11H,4-9H2,1-3H3,(H,16,17). The molecule has 0 heterocycles. The van der Waals surface area contributed by atoms with Gasteiger partial charge in [-0.1, -0.05) is 13.3 Å². The highest BCUT2D eigenvalue weighted by Crippen LogP contribution is 2.28. The monoisotopic (exact) mass is 256 g/mol. The van der Waals surface area contributed by atoms with Crippen LogP contribution in [0.3, 0.4) is 0 Å². The molecule has 0 aromatic carbocycles. The fraction of sp³-hybridized carbons (Fsp3) is 0.846. The van der Waals surface area contributed by atoms with E-state index in [9.17, 15) is 9.59 Å². The molecular weight excluding hydrogens is 232 g/mol. The highest BCUT2D eigenvalue weighted by molar-refractivity contribution is 5.80. The molecule has 2 amide bonds. The third kappa shape index (κ3) is 4.20. The van der Waals surface area contributed by atoms with Crippen LogP contribution in [0, 0.1) is 0 Å². The van der Waals surface area contributed by atoms with Gasteiger partial charge in [-0.3, -0.25) is 4.79 Å². The molecule has 0 spiro atoms. The average Bonchev–Trinajstić information content (AvgIpc) is 3.09. The Morgan fingerprint density at radius 3 is 2.33 bits per heavy atom. The lowest BCUT2D eigenvalue weighted by atomic mass is 10.3. The van der Waals surface area contributed by atoms with Crippen LogP contribution in [0.5, 0.6) is 0 Å². The predicted octanol–water partition coefficient (Wildman–Crippen LogP) is 2.17. The Balaban J connectivity index is 2.68. The van der Waals surface area contributed by atoms with Crippen molar-refractivity contribution in [3.05, 3.63) is 0 Å². The molecule has 1 aliphatic carbocycles. The fourth-order valence-corrected chi connectivity index (χ4v) is 1.93. The van der Waals surface area contributed by atoms with Crippen molar-refractivity contribution >= 4 is 12.0 Å². The molecule has 0 aromatic heterocycles. The van der Waals surface area contributed by atoms with Crippen molar-refractivity contribution < 1.29 is 14.7 Å². The van der Waals surface area contributed by atoms with E-state index in [2.05, 4.69) is 6.92 Å². The Hall–Kier alpha value is -1.26. The number of carboxylic acid groups (broad SMARTS) is 1. The number of hydrogen-bond donors (Lipinski definition) is 1. The van der Waals surface area contributed by atoms with Crippen LogP contribution in [-0.2, 0) is 4.79 Å². The summed E-state index contributed by atoms with van der Waals surface area (Å²) in [7, 11) is 0. The molecule has 104 valence electrons. The summed E-state index contributed by atoms with van der Waals surface area (Å²) in [5.41, 5.74) is 0. The van der Waals surface area contributed by atoms with Gasteiger partial charge < -0.3 is 14.9 Å². The summed E-state index contributed by atoms with van der Waals surface area (Å²) in [6.07, 6.45) is 4.11. The summed E-state index contributed by atoms with van der Waals surface area (Å²) >= 11 is 0. The topological polar surface area (TPSA) is 60.9 Å². The van der Waals surface area contributed by atoms with Gasteiger partial charge in [0.15, 0.2) is 0 Å². The van der Waals surface area contributed by atoms with Crippen LogP contribution in [0.2, 0.25) is 0 Å². The molecule has 5 nitrogen and oxygen atoms in total. The van der Waals surface area contributed by atoms with Crippen molar-refractivity contribution in [3.63, 3.8) is 0 Å². The van der Waals surface area contributed by atoms with Gasteiger partial charge in [-0.25, -0.2) is 4.79 Å². The minimum absolute atomic E-state index is 0.0866. The van der Waals surface area contributed by atoms with Gasteiger partial charge in [0.05, 0.1) is 0 Å². The molecule has 5 heteroatoms. The SMILES string of the molecule is CCCCN(C(=O)N(CC(=O)O)C(C)C)C1CC1.